The molecule has 89 heavy (non-hydrogen) atoms. The molecule has 0 aliphatic carbocycles. The number of primary amides is 1. The number of amides is 7. The molecule has 2 aromatic rings. The molecule has 3 aliphatic rings. The number of nitrogens with zero attached hydrogens (tertiary/aromatic N) is 2. The van der Waals surface area contributed by atoms with Crippen molar-refractivity contribution in [1.82, 2.24) is 26.2 Å². The summed E-state index contributed by atoms with van der Waals surface area (Å²) >= 11 is 13.5. The summed E-state index contributed by atoms with van der Waals surface area (Å²) in [5.74, 6) is -4.25. The number of nitrogens with two attached hydrogens (primary N) is 1. The molecule has 3 heterocycles. The van der Waals surface area contributed by atoms with E-state index in [9.17, 15) is 48.3 Å². The van der Waals surface area contributed by atoms with E-state index in [1.165, 1.54) is 65.4 Å². The minimum atomic E-state index is -1.94. The summed E-state index contributed by atoms with van der Waals surface area (Å²) in [6.45, 7) is 10.5. The average molecular weight is 1400 g/mol. The number of anilines is 2. The van der Waals surface area contributed by atoms with Gasteiger partial charge in [0.15, 0.2) is 12.0 Å². The van der Waals surface area contributed by atoms with Crippen LogP contribution in [-0.4, -0.2) is 189 Å². The number of nitrogens with one attached hydrogen (secondary N) is 5. The summed E-state index contributed by atoms with van der Waals surface area (Å²) in [6.07, 6.45) is 2.64. The smallest absolute Gasteiger partial charge is 0.409 e. The van der Waals surface area contributed by atoms with E-state index in [1.54, 1.807) is 52.0 Å². The molecule has 5 rings (SSSR count). The number of esters is 1. The number of fused-ring (bicyclic) bond motifs is 5. The lowest BCUT2D eigenvalue weighted by Crippen LogP contribution is -2.63. The van der Waals surface area contributed by atoms with Gasteiger partial charge in [-0.1, -0.05) is 88.0 Å². The first-order chi connectivity index (χ1) is 42.1. The second kappa shape index (κ2) is 33.2. The van der Waals surface area contributed by atoms with Crippen molar-refractivity contribution >= 4 is 109 Å². The van der Waals surface area contributed by atoms with E-state index in [-0.39, 0.29) is 65.1 Å². The number of hydrogen-bond donors (Lipinski definition) is 7. The van der Waals surface area contributed by atoms with Crippen molar-refractivity contribution < 1.29 is 81.4 Å². The second-order valence-electron chi connectivity index (χ2n) is 23.1. The Balaban J connectivity index is 1.42. The maximum atomic E-state index is 14.7. The summed E-state index contributed by atoms with van der Waals surface area (Å²) in [7, 11) is 7.06. The number of aliphatic hydroxyl groups is 1. The van der Waals surface area contributed by atoms with Gasteiger partial charge in [0.25, 0.3) is 5.91 Å². The van der Waals surface area contributed by atoms with E-state index in [0.29, 0.717) is 43.4 Å². The Morgan fingerprint density at radius 2 is 1.73 bits per heavy atom. The Labute approximate surface area is 541 Å². The van der Waals surface area contributed by atoms with Crippen LogP contribution in [0.5, 0.6) is 11.5 Å². The highest BCUT2D eigenvalue weighted by molar-refractivity contribution is 9.10. The lowest BCUT2D eigenvalue weighted by atomic mass is 9.83. The Morgan fingerprint density at radius 3 is 2.35 bits per heavy atom. The third kappa shape index (κ3) is 19.2. The Kier molecular flexibility index (Phi) is 27.4. The first-order valence-corrected chi connectivity index (χ1v) is 31.8. The third-order valence-corrected chi connectivity index (χ3v) is 18.5. The number of unbranched alkanes of at least 4 members (excludes halogenated alkanes) is 1. The molecular formula is C61H85Br2ClN8O17. The molecule has 2 aromatic carbocycles. The third-order valence-electron chi connectivity index (χ3n) is 16.2. The van der Waals surface area contributed by atoms with Gasteiger partial charge >= 0.3 is 18.1 Å². The molecule has 7 amide bonds. The van der Waals surface area contributed by atoms with E-state index < -0.39 is 125 Å². The van der Waals surface area contributed by atoms with Gasteiger partial charge in [0.2, 0.25) is 17.7 Å². The molecule has 11 atom stereocenters. The van der Waals surface area contributed by atoms with Crippen LogP contribution in [0, 0.1) is 11.8 Å². The molecule has 0 aromatic heterocycles. The molecule has 8 N–H and O–H groups in total. The number of allylic oxidation sites excluding steroid dienone is 3. The predicted molar refractivity (Wildman–Crippen MR) is 338 cm³/mol. The molecule has 2 fully saturated rings. The number of rotatable bonds is 28. The normalized spacial score (nSPS) is 24.3. The van der Waals surface area contributed by atoms with Gasteiger partial charge in [0.1, 0.15) is 64.4 Å². The van der Waals surface area contributed by atoms with Crippen LogP contribution >= 0.6 is 43.5 Å². The molecule has 28 heteroatoms. The molecule has 1 unspecified atom stereocenters. The first kappa shape index (κ1) is 73.5. The topological polar surface area (TPSA) is 334 Å². The summed E-state index contributed by atoms with van der Waals surface area (Å²) in [5.41, 5.74) is 2.61. The quantitative estimate of drug-likeness (QED) is 0.0174. The molecule has 492 valence electrons. The number of urea groups is 1. The summed E-state index contributed by atoms with van der Waals surface area (Å²) < 4.78 is 41.0. The number of alkyl carbamates (subject to hydrolysis) is 1. The highest BCUT2D eigenvalue weighted by Crippen LogP contribution is 2.49. The number of aldehydes is 2. The monoisotopic (exact) mass is 1390 g/mol. The number of ether oxygens (including phenoxy) is 7. The fraction of sp³-hybridized carbons (Fsp3) is 0.590. The fourth-order valence-electron chi connectivity index (χ4n) is 10.5. The molecule has 0 saturated carbocycles. The Morgan fingerprint density at radius 1 is 1.02 bits per heavy atom. The van der Waals surface area contributed by atoms with E-state index in [2.05, 4.69) is 58.4 Å². The zero-order valence-corrected chi connectivity index (χ0v) is 56.0. The zero-order valence-electron chi connectivity index (χ0n) is 52.1. The van der Waals surface area contributed by atoms with Crippen LogP contribution in [0.15, 0.2) is 54.1 Å². The van der Waals surface area contributed by atoms with Gasteiger partial charge in [-0.2, -0.15) is 0 Å². The second-order valence-corrected chi connectivity index (χ2v) is 24.6. The molecule has 25 nitrogen and oxygen atoms in total. The van der Waals surface area contributed by atoms with Crippen molar-refractivity contribution in [1.29, 1.82) is 0 Å². The number of likely N-dealkylation sites (N-methyl/N-ethyl adjacent to an activating group) is 1. The lowest BCUT2D eigenvalue weighted by Gasteiger charge is -2.42. The van der Waals surface area contributed by atoms with Crippen molar-refractivity contribution in [2.75, 3.05) is 69.5 Å². The Hall–Kier alpha value is -6.20. The van der Waals surface area contributed by atoms with Crippen LogP contribution in [0.3, 0.4) is 0 Å². The van der Waals surface area contributed by atoms with Gasteiger partial charge in [0.05, 0.1) is 55.8 Å². The van der Waals surface area contributed by atoms with Crippen LogP contribution in [0.1, 0.15) is 102 Å². The van der Waals surface area contributed by atoms with Crippen LogP contribution in [0.2, 0.25) is 5.02 Å². The first-order valence-electron chi connectivity index (χ1n) is 29.2. The number of hydrogen-bond acceptors (Lipinski definition) is 18. The number of carbonyl (C=O) groups is 9. The minimum Gasteiger partial charge on any atom is -0.497 e. The molecule has 3 aliphatic heterocycles. The number of halogens is 3. The SMILES string of the molecule is COc1ccc(C(=O)N(C)[C@@H](C)C(=O)O[C@H]2CC(=O)N(C)c3cc(cc(OC)c3Cl)C/C(C)=C/C=C/[C@@H](OC)[C@@]3(O)C[C@H](OC(=O)N3)[C@@H](C)[C@@H]3O[C@@]23C)c(NC(=O)[C@H](CCCNC(N)=O)NC(=O)[C@@H](NC(C=O)CCCCOC(C=O)(CBr)CBr)C(C)C)c1. The number of methoxy groups -OCH3 is 3. The molecular weight excluding hydrogens is 1310 g/mol. The van der Waals surface area contributed by atoms with Crippen molar-refractivity contribution in [3.8, 4) is 11.5 Å². The van der Waals surface area contributed by atoms with Gasteiger partial charge < -0.3 is 79.3 Å². The Bertz CT molecular complexity index is 2940. The van der Waals surface area contributed by atoms with E-state index in [4.69, 9.17) is 50.5 Å². The minimum absolute atomic E-state index is 0.0371. The number of epoxide rings is 1. The summed E-state index contributed by atoms with van der Waals surface area (Å²) in [5, 5.41) is 26.3. The summed E-state index contributed by atoms with van der Waals surface area (Å²) in [6, 6.07) is 2.48. The number of carbonyl (C=O) groups excluding carboxylic acids is 9. The maximum Gasteiger partial charge on any atom is 0.409 e. The van der Waals surface area contributed by atoms with Crippen molar-refractivity contribution in [2.24, 2.45) is 17.6 Å². The van der Waals surface area contributed by atoms with Crippen LogP contribution < -0.4 is 46.7 Å². The van der Waals surface area contributed by atoms with Crippen molar-refractivity contribution in [3.63, 3.8) is 0 Å². The lowest BCUT2D eigenvalue weighted by molar-refractivity contribution is -0.158. The maximum absolute atomic E-state index is 14.7. The number of benzene rings is 2. The average Bonchev–Trinajstić information content (AvgIpc) is 1.60. The number of alkyl halides is 2. The van der Waals surface area contributed by atoms with Gasteiger partial charge in [-0.05, 0) is 95.0 Å². The van der Waals surface area contributed by atoms with Crippen LogP contribution in [0.4, 0.5) is 21.0 Å². The van der Waals surface area contributed by atoms with Crippen molar-refractivity contribution in [2.45, 2.75) is 158 Å². The van der Waals surface area contributed by atoms with Crippen LogP contribution in [-0.2, 0) is 58.9 Å². The van der Waals surface area contributed by atoms with Gasteiger partial charge in [-0.25, -0.2) is 14.4 Å². The molecule has 0 radical (unpaired) electrons. The van der Waals surface area contributed by atoms with E-state index >= 15 is 0 Å². The molecule has 2 saturated heterocycles. The highest BCUT2D eigenvalue weighted by atomic mass is 79.9. The standard InChI is InChI=1S/C61H85Br2ClN8O17/c1-34(2)51(67-39(30-73)17-12-13-23-86-60(31-62,32-63)33-74)54(77)68-42(18-15-22-66-57(65)80)53(76)69-43-27-40(83-9)20-21-41(43)55(78)71(7)37(5)56(79)88-48-28-49(75)72(8)44-25-38(26-45(84-10)50(44)64)24-35(3)16-14-19-47(85-11)61(82)29-46(87-58(81)70-61)36(4)52-59(48,6)89-52/h14,16,19-21,25-27,30,33-34,36-37,39,42,46-48,51-52,67,82H,12-13,15,17-18,22-24,28-29,31-32H2,1-11H3,(H,68,77)(H,69,76)(H,70,81)(H3,65,66,80)/b19-14+,35-16+/t36-,37+,39?,42+,46+,47-,48+,51+,52+,59+,61+/m1/s1. The zero-order chi connectivity index (χ0) is 66.1. The van der Waals surface area contributed by atoms with Gasteiger partial charge in [-0.3, -0.25) is 29.8 Å². The van der Waals surface area contributed by atoms with Gasteiger partial charge in [-0.15, -0.1) is 0 Å². The van der Waals surface area contributed by atoms with Gasteiger partial charge in [0, 0.05) is 63.4 Å². The van der Waals surface area contributed by atoms with E-state index in [1.807, 2.05) is 13.0 Å². The fourth-order valence-corrected chi connectivity index (χ4v) is 12.3. The molecule has 0 spiro atoms. The largest absolute Gasteiger partial charge is 0.497 e. The van der Waals surface area contributed by atoms with E-state index in [0.717, 1.165) is 22.3 Å². The highest BCUT2D eigenvalue weighted by Gasteiger charge is 2.64. The molecule has 4 bridgehead atoms. The predicted octanol–water partition coefficient (Wildman–Crippen LogP) is 5.80. The van der Waals surface area contributed by atoms with Crippen LogP contribution in [0.25, 0.3) is 0 Å². The van der Waals surface area contributed by atoms with Crippen molar-refractivity contribution in [3.05, 3.63) is 70.3 Å². The summed E-state index contributed by atoms with van der Waals surface area (Å²) in [4.78, 5) is 124.